The number of carbonyl (C=O) groups excluding carboxylic acids is 3. The molecule has 8 nitrogen and oxygen atoms in total. The highest BCUT2D eigenvalue weighted by Gasteiger charge is 2.48. The van der Waals surface area contributed by atoms with E-state index in [1.807, 2.05) is 0 Å². The number of ether oxygens (including phenoxy) is 2. The van der Waals surface area contributed by atoms with E-state index in [-0.39, 0.29) is 28.1 Å². The van der Waals surface area contributed by atoms with Gasteiger partial charge in [0.2, 0.25) is 0 Å². The Labute approximate surface area is 199 Å². The van der Waals surface area contributed by atoms with Crippen molar-refractivity contribution < 1.29 is 33.4 Å². The van der Waals surface area contributed by atoms with Gasteiger partial charge < -0.3 is 19.0 Å². The number of amides is 1. The molecular weight excluding hydrogens is 462 g/mol. The number of esters is 1. The molecule has 0 aliphatic carbocycles. The molecule has 4 rings (SSSR count). The van der Waals surface area contributed by atoms with E-state index in [9.17, 15) is 19.5 Å². The van der Waals surface area contributed by atoms with Crippen LogP contribution in [0.4, 0.5) is 5.69 Å². The number of furan rings is 1. The lowest BCUT2D eigenvalue weighted by molar-refractivity contribution is -0.132. The van der Waals surface area contributed by atoms with E-state index in [0.29, 0.717) is 17.4 Å². The maximum atomic E-state index is 13.2. The number of hydrogen-bond donors (Lipinski definition) is 1. The summed E-state index contributed by atoms with van der Waals surface area (Å²) in [5.41, 5.74) is 0.523. The quantitative estimate of drug-likeness (QED) is 0.234. The highest BCUT2D eigenvalue weighted by atomic mass is 35.5. The monoisotopic (exact) mass is 481 g/mol. The molecule has 1 saturated heterocycles. The summed E-state index contributed by atoms with van der Waals surface area (Å²) in [5, 5.41) is 11.5. The highest BCUT2D eigenvalue weighted by Crippen LogP contribution is 2.43. The minimum Gasteiger partial charge on any atom is -0.507 e. The Morgan fingerprint density at radius 3 is 2.59 bits per heavy atom. The Hall–Kier alpha value is -4.04. The first-order chi connectivity index (χ1) is 16.4. The van der Waals surface area contributed by atoms with Crippen LogP contribution < -0.4 is 9.64 Å². The van der Waals surface area contributed by atoms with E-state index < -0.39 is 29.5 Å². The first kappa shape index (κ1) is 23.1. The largest absolute Gasteiger partial charge is 0.507 e. The number of carbonyl (C=O) groups is 3. The zero-order valence-corrected chi connectivity index (χ0v) is 19.0. The molecule has 1 fully saturated rings. The molecule has 1 unspecified atom stereocenters. The molecule has 0 radical (unpaired) electrons. The molecule has 0 bridgehead atoms. The summed E-state index contributed by atoms with van der Waals surface area (Å²) in [5.74, 6) is -2.23. The predicted molar refractivity (Wildman–Crippen MR) is 124 cm³/mol. The minimum absolute atomic E-state index is 0.173. The van der Waals surface area contributed by atoms with Crippen molar-refractivity contribution in [3.8, 4) is 5.75 Å². The van der Waals surface area contributed by atoms with Gasteiger partial charge in [0.25, 0.3) is 11.7 Å². The smallest absolute Gasteiger partial charge is 0.337 e. The normalized spacial score (nSPS) is 17.1. The summed E-state index contributed by atoms with van der Waals surface area (Å²) in [6, 6.07) is 12.8. The van der Waals surface area contributed by atoms with E-state index in [0.717, 1.165) is 0 Å². The number of ketones is 1. The summed E-state index contributed by atoms with van der Waals surface area (Å²) < 4.78 is 15.8. The molecule has 1 N–H and O–H groups in total. The van der Waals surface area contributed by atoms with Gasteiger partial charge >= 0.3 is 5.97 Å². The van der Waals surface area contributed by atoms with Gasteiger partial charge in [-0.15, -0.1) is 0 Å². The zero-order valence-electron chi connectivity index (χ0n) is 18.3. The van der Waals surface area contributed by atoms with Gasteiger partial charge in [0.05, 0.1) is 36.1 Å². The number of anilines is 1. The average molecular weight is 482 g/mol. The molecule has 1 aliphatic heterocycles. The molecule has 0 spiro atoms. The second-order valence-electron chi connectivity index (χ2n) is 7.30. The molecule has 0 saturated carbocycles. The van der Waals surface area contributed by atoms with Crippen molar-refractivity contribution >= 4 is 40.7 Å². The van der Waals surface area contributed by atoms with E-state index >= 15 is 0 Å². The number of nitrogens with zero attached hydrogens (tertiary/aromatic N) is 1. The number of rotatable bonds is 6. The topological polar surface area (TPSA) is 106 Å². The number of benzene rings is 2. The van der Waals surface area contributed by atoms with Crippen LogP contribution in [0.3, 0.4) is 0 Å². The van der Waals surface area contributed by atoms with Crippen LogP contribution in [0.25, 0.3) is 5.76 Å². The van der Waals surface area contributed by atoms with Gasteiger partial charge in [-0.3, -0.25) is 14.5 Å². The highest BCUT2D eigenvalue weighted by molar-refractivity contribution is 6.51. The van der Waals surface area contributed by atoms with Crippen molar-refractivity contribution in [3.05, 3.63) is 88.3 Å². The van der Waals surface area contributed by atoms with E-state index in [4.69, 9.17) is 25.5 Å². The Kier molecular flexibility index (Phi) is 6.43. The van der Waals surface area contributed by atoms with Gasteiger partial charge in [-0.05, 0) is 55.5 Å². The van der Waals surface area contributed by atoms with Crippen molar-refractivity contribution in [2.75, 3.05) is 18.6 Å². The summed E-state index contributed by atoms with van der Waals surface area (Å²) in [4.78, 5) is 39.5. The number of aliphatic hydroxyl groups excluding tert-OH is 1. The summed E-state index contributed by atoms with van der Waals surface area (Å²) >= 11 is 6.15. The molecule has 1 amide bonds. The van der Waals surface area contributed by atoms with Crippen LogP contribution in [0.2, 0.25) is 5.02 Å². The lowest BCUT2D eigenvalue weighted by atomic mass is 9.99. The van der Waals surface area contributed by atoms with Crippen LogP contribution in [-0.2, 0) is 14.3 Å². The average Bonchev–Trinajstić information content (AvgIpc) is 3.46. The van der Waals surface area contributed by atoms with Crippen LogP contribution in [0.5, 0.6) is 5.75 Å². The van der Waals surface area contributed by atoms with Crippen LogP contribution in [0.15, 0.2) is 70.9 Å². The first-order valence-corrected chi connectivity index (χ1v) is 10.7. The zero-order chi connectivity index (χ0) is 24.4. The van der Waals surface area contributed by atoms with Gasteiger partial charge in [-0.2, -0.15) is 0 Å². The van der Waals surface area contributed by atoms with Crippen LogP contribution in [0.1, 0.15) is 34.6 Å². The first-order valence-electron chi connectivity index (χ1n) is 10.3. The molecule has 3 aromatic rings. The van der Waals surface area contributed by atoms with Gasteiger partial charge in [0.15, 0.2) is 0 Å². The standard InChI is InChI=1S/C25H20ClNO7/c1-3-33-19-13-14(9-10-17(19)26)22(28)20-21(18-8-5-11-34-18)27(24(30)23(20)29)16-7-4-6-15(12-16)25(31)32-2/h4-13,21,28H,3H2,1-2H3/b22-20-. The summed E-state index contributed by atoms with van der Waals surface area (Å²) in [6.07, 6.45) is 1.40. The predicted octanol–water partition coefficient (Wildman–Crippen LogP) is 4.74. The molecule has 1 aromatic heterocycles. The Balaban J connectivity index is 1.89. The van der Waals surface area contributed by atoms with Crippen LogP contribution in [-0.4, -0.2) is 36.5 Å². The third kappa shape index (κ3) is 4.04. The lowest BCUT2D eigenvalue weighted by Crippen LogP contribution is -2.29. The van der Waals surface area contributed by atoms with Gasteiger partial charge in [-0.25, -0.2) is 4.79 Å². The number of aliphatic hydroxyl groups is 1. The van der Waals surface area contributed by atoms with Crippen molar-refractivity contribution in [1.82, 2.24) is 0 Å². The van der Waals surface area contributed by atoms with Crippen molar-refractivity contribution in [3.63, 3.8) is 0 Å². The maximum Gasteiger partial charge on any atom is 0.337 e. The number of halogens is 1. The van der Waals surface area contributed by atoms with Crippen molar-refractivity contribution in [1.29, 1.82) is 0 Å². The third-order valence-electron chi connectivity index (χ3n) is 5.31. The number of hydrogen-bond acceptors (Lipinski definition) is 7. The molecule has 1 aliphatic rings. The van der Waals surface area contributed by atoms with Crippen molar-refractivity contribution in [2.45, 2.75) is 13.0 Å². The molecule has 9 heteroatoms. The number of methoxy groups -OCH3 is 1. The molecule has 1 atom stereocenters. The fourth-order valence-electron chi connectivity index (χ4n) is 3.79. The van der Waals surface area contributed by atoms with E-state index in [1.54, 1.807) is 31.2 Å². The second kappa shape index (κ2) is 9.44. The van der Waals surface area contributed by atoms with Crippen molar-refractivity contribution in [2.24, 2.45) is 0 Å². The molecule has 2 aromatic carbocycles. The fraction of sp³-hybridized carbons (Fsp3) is 0.160. The fourth-order valence-corrected chi connectivity index (χ4v) is 3.96. The van der Waals surface area contributed by atoms with Crippen LogP contribution >= 0.6 is 11.6 Å². The molecule has 34 heavy (non-hydrogen) atoms. The molecule has 2 heterocycles. The SMILES string of the molecule is CCOc1cc(/C(O)=C2/C(=O)C(=O)N(c3cccc(C(=O)OC)c3)C2c2ccco2)ccc1Cl. The lowest BCUT2D eigenvalue weighted by Gasteiger charge is -2.23. The van der Waals surface area contributed by atoms with E-state index in [1.165, 1.54) is 48.6 Å². The van der Waals surface area contributed by atoms with E-state index in [2.05, 4.69) is 0 Å². The van der Waals surface area contributed by atoms with Crippen LogP contribution in [0, 0.1) is 0 Å². The molecule has 174 valence electrons. The second-order valence-corrected chi connectivity index (χ2v) is 7.71. The van der Waals surface area contributed by atoms with Gasteiger partial charge in [0, 0.05) is 11.3 Å². The third-order valence-corrected chi connectivity index (χ3v) is 5.62. The number of Topliss-reactive ketones (excluding diaryl/α,β-unsaturated/α-hetero) is 1. The Morgan fingerprint density at radius 2 is 1.91 bits per heavy atom. The summed E-state index contributed by atoms with van der Waals surface area (Å²) in [7, 11) is 1.24. The van der Waals surface area contributed by atoms with Gasteiger partial charge in [0.1, 0.15) is 23.3 Å². The minimum atomic E-state index is -1.07. The molecular formula is C25H20ClNO7. The Morgan fingerprint density at radius 1 is 1.12 bits per heavy atom. The van der Waals surface area contributed by atoms with Gasteiger partial charge in [-0.1, -0.05) is 17.7 Å². The Bertz CT molecular complexity index is 1300. The summed E-state index contributed by atoms with van der Waals surface area (Å²) in [6.45, 7) is 2.13. The maximum absolute atomic E-state index is 13.2.